The average Bonchev–Trinajstić information content (AvgIpc) is 1.93. The van der Waals surface area contributed by atoms with Gasteiger partial charge in [0, 0.05) is 31.1 Å². The van der Waals surface area contributed by atoms with Crippen molar-refractivity contribution in [2.24, 2.45) is 5.92 Å². The van der Waals surface area contributed by atoms with Crippen molar-refractivity contribution in [1.82, 2.24) is 10.2 Å². The van der Waals surface area contributed by atoms with Gasteiger partial charge in [0.25, 0.3) is 0 Å². The molecule has 0 atom stereocenters. The van der Waals surface area contributed by atoms with E-state index in [4.69, 9.17) is 4.74 Å². The average molecular weight is 242 g/mol. The van der Waals surface area contributed by atoms with Crippen molar-refractivity contribution in [2.45, 2.75) is 52.7 Å². The Balaban J connectivity index is 2.16. The predicted molar refractivity (Wildman–Crippen MR) is 69.1 cm³/mol. The fourth-order valence-corrected chi connectivity index (χ4v) is 1.79. The van der Waals surface area contributed by atoms with Crippen LogP contribution in [0.5, 0.6) is 0 Å². The molecule has 1 aliphatic heterocycles. The van der Waals surface area contributed by atoms with Crippen LogP contribution >= 0.6 is 0 Å². The number of hydrogen-bond donors (Lipinski definition) is 1. The summed E-state index contributed by atoms with van der Waals surface area (Å²) in [5.41, 5.74) is -0.177. The van der Waals surface area contributed by atoms with Crippen LogP contribution < -0.4 is 5.32 Å². The van der Waals surface area contributed by atoms with E-state index in [2.05, 4.69) is 31.0 Å². The quantitative estimate of drug-likeness (QED) is 0.807. The molecule has 1 saturated heterocycles. The number of nitrogens with one attached hydrogen (secondary N) is 1. The van der Waals surface area contributed by atoms with Crippen LogP contribution in [0.25, 0.3) is 0 Å². The summed E-state index contributed by atoms with van der Waals surface area (Å²) in [5, 5.41) is 2.83. The van der Waals surface area contributed by atoms with Gasteiger partial charge in [-0.1, -0.05) is 0 Å². The SMILES string of the molecule is CC(C)(C)OC(=O)NCC1CN(C(C)(C)C)C1. The van der Waals surface area contributed by atoms with Gasteiger partial charge in [-0.3, -0.25) is 4.90 Å². The van der Waals surface area contributed by atoms with Crippen molar-refractivity contribution >= 4 is 6.09 Å². The van der Waals surface area contributed by atoms with Gasteiger partial charge < -0.3 is 10.1 Å². The lowest BCUT2D eigenvalue weighted by Crippen LogP contribution is -2.58. The Kier molecular flexibility index (Phi) is 4.07. The first-order chi connectivity index (χ1) is 7.58. The molecular formula is C13H26N2O2. The summed E-state index contributed by atoms with van der Waals surface area (Å²) in [6, 6.07) is 0. The summed E-state index contributed by atoms with van der Waals surface area (Å²) in [4.78, 5) is 13.8. The third-order valence-electron chi connectivity index (χ3n) is 2.84. The number of carbonyl (C=O) groups excluding carboxylic acids is 1. The third-order valence-corrected chi connectivity index (χ3v) is 2.84. The van der Waals surface area contributed by atoms with Gasteiger partial charge in [-0.15, -0.1) is 0 Å². The second kappa shape index (κ2) is 4.84. The van der Waals surface area contributed by atoms with Crippen molar-refractivity contribution in [3.05, 3.63) is 0 Å². The smallest absolute Gasteiger partial charge is 0.407 e. The molecule has 0 aromatic rings. The number of amides is 1. The van der Waals surface area contributed by atoms with Crippen molar-refractivity contribution < 1.29 is 9.53 Å². The highest BCUT2D eigenvalue weighted by Crippen LogP contribution is 2.24. The van der Waals surface area contributed by atoms with Crippen LogP contribution in [0.2, 0.25) is 0 Å². The van der Waals surface area contributed by atoms with E-state index in [-0.39, 0.29) is 11.6 Å². The molecule has 0 aromatic heterocycles. The van der Waals surface area contributed by atoms with Gasteiger partial charge in [-0.25, -0.2) is 4.79 Å². The zero-order valence-electron chi connectivity index (χ0n) is 12.0. The minimum Gasteiger partial charge on any atom is -0.444 e. The standard InChI is InChI=1S/C13H26N2O2/c1-12(2,3)15-8-10(9-15)7-14-11(16)17-13(4,5)6/h10H,7-9H2,1-6H3,(H,14,16). The molecule has 0 aromatic carbocycles. The molecule has 0 spiro atoms. The number of alkyl carbamates (subject to hydrolysis) is 1. The van der Waals surface area contributed by atoms with E-state index in [1.54, 1.807) is 0 Å². The monoisotopic (exact) mass is 242 g/mol. The van der Waals surface area contributed by atoms with Gasteiger partial charge in [0.1, 0.15) is 5.60 Å². The Hall–Kier alpha value is -0.770. The first-order valence-electron chi connectivity index (χ1n) is 6.30. The Morgan fingerprint density at radius 3 is 2.18 bits per heavy atom. The highest BCUT2D eigenvalue weighted by atomic mass is 16.6. The predicted octanol–water partition coefficient (Wildman–Crippen LogP) is 2.24. The van der Waals surface area contributed by atoms with Crippen LogP contribution in [0.15, 0.2) is 0 Å². The van der Waals surface area contributed by atoms with E-state index >= 15 is 0 Å². The van der Waals surface area contributed by atoms with E-state index in [0.29, 0.717) is 12.5 Å². The largest absolute Gasteiger partial charge is 0.444 e. The molecule has 1 aliphatic rings. The number of likely N-dealkylation sites (tertiary alicyclic amines) is 1. The molecule has 1 fully saturated rings. The van der Waals surface area contributed by atoms with Crippen molar-refractivity contribution in [3.8, 4) is 0 Å². The van der Waals surface area contributed by atoms with Crippen LogP contribution in [0.1, 0.15) is 41.5 Å². The molecule has 0 bridgehead atoms. The molecule has 0 saturated carbocycles. The second-order valence-electron chi connectivity index (χ2n) is 6.82. The van der Waals surface area contributed by atoms with Gasteiger partial charge in [-0.05, 0) is 41.5 Å². The van der Waals surface area contributed by atoms with E-state index in [1.807, 2.05) is 20.8 Å². The first-order valence-corrected chi connectivity index (χ1v) is 6.30. The van der Waals surface area contributed by atoms with Gasteiger partial charge in [0.2, 0.25) is 0 Å². The molecule has 0 radical (unpaired) electrons. The van der Waals surface area contributed by atoms with E-state index in [0.717, 1.165) is 13.1 Å². The van der Waals surface area contributed by atoms with Crippen LogP contribution in [0.4, 0.5) is 4.79 Å². The van der Waals surface area contributed by atoms with E-state index in [1.165, 1.54) is 0 Å². The van der Waals surface area contributed by atoms with Gasteiger partial charge >= 0.3 is 6.09 Å². The normalized spacial score (nSPS) is 18.7. The van der Waals surface area contributed by atoms with E-state index in [9.17, 15) is 4.79 Å². The molecule has 1 N–H and O–H groups in total. The topological polar surface area (TPSA) is 41.6 Å². The summed E-state index contributed by atoms with van der Waals surface area (Å²) in [6.07, 6.45) is -0.313. The van der Waals surface area contributed by atoms with Gasteiger partial charge in [-0.2, -0.15) is 0 Å². The van der Waals surface area contributed by atoms with Crippen LogP contribution in [-0.2, 0) is 4.74 Å². The molecule has 0 unspecified atom stereocenters. The molecule has 1 rings (SSSR count). The molecule has 4 nitrogen and oxygen atoms in total. The maximum Gasteiger partial charge on any atom is 0.407 e. The molecule has 0 aliphatic carbocycles. The molecule has 17 heavy (non-hydrogen) atoms. The minimum atomic E-state index is -0.416. The third kappa shape index (κ3) is 4.94. The first kappa shape index (κ1) is 14.3. The molecule has 4 heteroatoms. The maximum absolute atomic E-state index is 11.4. The molecular weight excluding hydrogens is 216 g/mol. The van der Waals surface area contributed by atoms with Crippen molar-refractivity contribution in [2.75, 3.05) is 19.6 Å². The Morgan fingerprint density at radius 1 is 1.24 bits per heavy atom. The Morgan fingerprint density at radius 2 is 1.76 bits per heavy atom. The summed E-state index contributed by atoms with van der Waals surface area (Å²) < 4.78 is 5.19. The number of rotatable bonds is 2. The highest BCUT2D eigenvalue weighted by Gasteiger charge is 2.34. The Bertz CT molecular complexity index is 270. The van der Waals surface area contributed by atoms with Crippen LogP contribution in [0, 0.1) is 5.92 Å². The zero-order chi connectivity index (χ0) is 13.3. The highest BCUT2D eigenvalue weighted by molar-refractivity contribution is 5.67. The maximum atomic E-state index is 11.4. The van der Waals surface area contributed by atoms with Crippen molar-refractivity contribution in [3.63, 3.8) is 0 Å². The van der Waals surface area contributed by atoms with Gasteiger partial charge in [0.05, 0.1) is 0 Å². The lowest BCUT2D eigenvalue weighted by Gasteiger charge is -2.47. The Labute approximate surface area is 105 Å². The number of ether oxygens (including phenoxy) is 1. The number of hydrogen-bond acceptors (Lipinski definition) is 3. The summed E-state index contributed by atoms with van der Waals surface area (Å²) in [6.45, 7) is 15.1. The summed E-state index contributed by atoms with van der Waals surface area (Å²) in [7, 11) is 0. The van der Waals surface area contributed by atoms with Gasteiger partial charge in [0.15, 0.2) is 0 Å². The summed E-state index contributed by atoms with van der Waals surface area (Å²) in [5.74, 6) is 0.557. The molecule has 1 heterocycles. The lowest BCUT2D eigenvalue weighted by molar-refractivity contribution is 0.0108. The van der Waals surface area contributed by atoms with Crippen LogP contribution in [0.3, 0.4) is 0 Å². The molecule has 100 valence electrons. The van der Waals surface area contributed by atoms with Crippen molar-refractivity contribution in [1.29, 1.82) is 0 Å². The fraction of sp³-hybridized carbons (Fsp3) is 0.923. The second-order valence-corrected chi connectivity index (χ2v) is 6.82. The number of nitrogens with zero attached hydrogens (tertiary/aromatic N) is 1. The number of carbonyl (C=O) groups is 1. The minimum absolute atomic E-state index is 0.239. The fourth-order valence-electron chi connectivity index (χ4n) is 1.79. The van der Waals surface area contributed by atoms with E-state index < -0.39 is 5.60 Å². The zero-order valence-corrected chi connectivity index (χ0v) is 12.0. The van der Waals surface area contributed by atoms with Crippen LogP contribution in [-0.4, -0.2) is 41.8 Å². The molecule has 1 amide bonds. The summed E-state index contributed by atoms with van der Waals surface area (Å²) >= 11 is 0. The lowest BCUT2D eigenvalue weighted by atomic mass is 9.92.